The average molecular weight is 703 g/mol. The van der Waals surface area contributed by atoms with Crippen molar-refractivity contribution >= 4 is 28.6 Å². The first-order valence-corrected chi connectivity index (χ1v) is 17.7. The SMILES string of the molecule is COc1ccc2cc1OCc1cn(nn1)CCCN(Cc1cccc3[nH]ccc13)CCCCNC(=O)[C@H]([C@@H](C)O)NC(=O)[C@@H](CC(C)C)NC2=O. The molecule has 3 heterocycles. The van der Waals surface area contributed by atoms with Gasteiger partial charge in [-0.2, -0.15) is 0 Å². The molecule has 0 radical (unpaired) electrons. The number of rotatable bonds is 6. The number of aliphatic hydroxyl groups is 1. The number of aliphatic hydroxyl groups excluding tert-OH is 1. The number of aryl methyl sites for hydroxylation is 1. The molecule has 274 valence electrons. The van der Waals surface area contributed by atoms with Crippen LogP contribution >= 0.6 is 0 Å². The standard InChI is InChI=1S/C37H50N8O6/c1-24(2)19-31-36(48)41-34(25(3)46)37(49)39-14-5-6-16-44(21-27-9-7-10-30-29(27)13-15-38-30)17-8-18-45-22-28(42-43-45)23-51-33-20-26(35(47)40-31)11-12-32(33)50-4/h7,9-13,15,20,22,24-25,31,34,38,46H,5-6,8,14,16-19,21,23H2,1-4H3,(H,39,49)(H,40,47)(H,41,48)/t25-,31-,34+/m1/s1. The maximum absolute atomic E-state index is 13.5. The van der Waals surface area contributed by atoms with Crippen LogP contribution in [0.1, 0.15) is 68.1 Å². The minimum atomic E-state index is -1.19. The lowest BCUT2D eigenvalue weighted by Gasteiger charge is -2.26. The van der Waals surface area contributed by atoms with Crippen molar-refractivity contribution in [2.45, 2.75) is 84.3 Å². The van der Waals surface area contributed by atoms with Crippen LogP contribution in [0.5, 0.6) is 11.5 Å². The lowest BCUT2D eigenvalue weighted by atomic mass is 10.0. The van der Waals surface area contributed by atoms with Crippen LogP contribution < -0.4 is 25.4 Å². The second-order valence-electron chi connectivity index (χ2n) is 13.5. The summed E-state index contributed by atoms with van der Waals surface area (Å²) in [5.41, 5.74) is 3.21. The Labute approximate surface area is 298 Å². The van der Waals surface area contributed by atoms with Crippen LogP contribution in [-0.4, -0.2) is 92.6 Å². The molecule has 14 nitrogen and oxygen atoms in total. The first-order valence-electron chi connectivity index (χ1n) is 17.7. The number of benzene rings is 2. The minimum absolute atomic E-state index is 0.0467. The minimum Gasteiger partial charge on any atom is -0.493 e. The summed E-state index contributed by atoms with van der Waals surface area (Å²) < 4.78 is 13.3. The number of aromatic nitrogens is 4. The number of amides is 3. The smallest absolute Gasteiger partial charge is 0.252 e. The van der Waals surface area contributed by atoms with E-state index < -0.39 is 35.9 Å². The summed E-state index contributed by atoms with van der Waals surface area (Å²) in [5, 5.41) is 28.6. The van der Waals surface area contributed by atoms with Gasteiger partial charge in [-0.05, 0) is 81.0 Å². The molecule has 1 aliphatic heterocycles. The van der Waals surface area contributed by atoms with Crippen LogP contribution in [0, 0.1) is 5.92 Å². The number of hydrogen-bond donors (Lipinski definition) is 5. The predicted octanol–water partition coefficient (Wildman–Crippen LogP) is 3.16. The second kappa shape index (κ2) is 17.8. The highest BCUT2D eigenvalue weighted by Crippen LogP contribution is 2.29. The van der Waals surface area contributed by atoms with Gasteiger partial charge in [0.05, 0.1) is 19.4 Å². The van der Waals surface area contributed by atoms with Gasteiger partial charge in [0, 0.05) is 48.8 Å². The largest absolute Gasteiger partial charge is 0.493 e. The molecule has 1 aliphatic rings. The number of carbonyl (C=O) groups is 3. The number of nitrogens with one attached hydrogen (secondary N) is 4. The van der Waals surface area contributed by atoms with Crippen molar-refractivity contribution in [2.75, 3.05) is 26.7 Å². The fraction of sp³-hybridized carbons (Fsp3) is 0.486. The van der Waals surface area contributed by atoms with Crippen molar-refractivity contribution < 1.29 is 29.0 Å². The normalized spacial score (nSPS) is 19.8. The molecule has 2 aromatic carbocycles. The van der Waals surface area contributed by atoms with Crippen molar-refractivity contribution in [3.8, 4) is 11.5 Å². The predicted molar refractivity (Wildman–Crippen MR) is 192 cm³/mol. The number of aromatic amines is 1. The molecule has 5 N–H and O–H groups in total. The van der Waals surface area contributed by atoms with Gasteiger partial charge in [-0.3, -0.25) is 24.0 Å². The molecule has 51 heavy (non-hydrogen) atoms. The third-order valence-electron chi connectivity index (χ3n) is 8.92. The Bertz CT molecular complexity index is 1770. The van der Waals surface area contributed by atoms with Crippen molar-refractivity contribution in [1.82, 2.24) is 40.8 Å². The lowest BCUT2D eigenvalue weighted by molar-refractivity contribution is -0.132. The molecule has 0 saturated heterocycles. The van der Waals surface area contributed by atoms with Gasteiger partial charge < -0.3 is 35.5 Å². The van der Waals surface area contributed by atoms with Crippen molar-refractivity contribution in [2.24, 2.45) is 5.92 Å². The maximum Gasteiger partial charge on any atom is 0.252 e. The van der Waals surface area contributed by atoms with Gasteiger partial charge in [0.15, 0.2) is 11.5 Å². The van der Waals surface area contributed by atoms with Gasteiger partial charge in [-0.25, -0.2) is 0 Å². The van der Waals surface area contributed by atoms with Crippen LogP contribution in [0.25, 0.3) is 10.9 Å². The summed E-state index contributed by atoms with van der Waals surface area (Å²) in [6.07, 6.45) is 5.33. The Hall–Kier alpha value is -4.95. The topological polar surface area (TPSA) is 176 Å². The van der Waals surface area contributed by atoms with E-state index in [4.69, 9.17) is 9.47 Å². The zero-order valence-corrected chi connectivity index (χ0v) is 29.9. The van der Waals surface area contributed by atoms with Gasteiger partial charge in [0.25, 0.3) is 5.91 Å². The molecule has 3 atom stereocenters. The molecule has 2 aromatic heterocycles. The number of carbonyl (C=O) groups excluding carboxylic acids is 3. The monoisotopic (exact) mass is 702 g/mol. The molecule has 5 rings (SSSR count). The quantitative estimate of drug-likeness (QED) is 0.202. The molecular weight excluding hydrogens is 652 g/mol. The summed E-state index contributed by atoms with van der Waals surface area (Å²) >= 11 is 0. The van der Waals surface area contributed by atoms with Crippen LogP contribution in [-0.2, 0) is 29.3 Å². The summed E-state index contributed by atoms with van der Waals surface area (Å²) in [6.45, 7) is 8.87. The summed E-state index contributed by atoms with van der Waals surface area (Å²) in [4.78, 5) is 45.9. The molecule has 0 unspecified atom stereocenters. The van der Waals surface area contributed by atoms with E-state index in [-0.39, 0.29) is 18.1 Å². The third kappa shape index (κ3) is 10.3. The summed E-state index contributed by atoms with van der Waals surface area (Å²) in [5.74, 6) is -0.738. The number of H-pyrrole nitrogens is 1. The van der Waals surface area contributed by atoms with Crippen molar-refractivity contribution in [3.05, 3.63) is 71.7 Å². The van der Waals surface area contributed by atoms with Gasteiger partial charge >= 0.3 is 0 Å². The van der Waals surface area contributed by atoms with Crippen LogP contribution in [0.2, 0.25) is 0 Å². The Kier molecular flexibility index (Phi) is 13.0. The first-order chi connectivity index (χ1) is 24.6. The van der Waals surface area contributed by atoms with E-state index in [1.54, 1.807) is 22.9 Å². The highest BCUT2D eigenvalue weighted by atomic mass is 16.5. The highest BCUT2D eigenvalue weighted by Gasteiger charge is 2.30. The van der Waals surface area contributed by atoms with Gasteiger partial charge in [0.1, 0.15) is 24.4 Å². The molecule has 4 bridgehead atoms. The number of fused-ring (bicyclic) bond motifs is 5. The molecule has 3 amide bonds. The number of nitrogens with zero attached hydrogens (tertiary/aromatic N) is 4. The van der Waals surface area contributed by atoms with Gasteiger partial charge in [-0.1, -0.05) is 31.2 Å². The van der Waals surface area contributed by atoms with Crippen molar-refractivity contribution in [1.29, 1.82) is 0 Å². The lowest BCUT2D eigenvalue weighted by Crippen LogP contribution is -2.57. The Morgan fingerprint density at radius 2 is 1.82 bits per heavy atom. The Balaban J connectivity index is 1.36. The van der Waals surface area contributed by atoms with E-state index in [1.165, 1.54) is 25.0 Å². The Morgan fingerprint density at radius 1 is 1.00 bits per heavy atom. The molecule has 0 saturated carbocycles. The molecule has 14 heteroatoms. The van der Waals surface area contributed by atoms with Crippen LogP contribution in [0.3, 0.4) is 0 Å². The second-order valence-corrected chi connectivity index (χ2v) is 13.5. The average Bonchev–Trinajstić information content (AvgIpc) is 3.78. The number of hydrogen-bond acceptors (Lipinski definition) is 9. The van der Waals surface area contributed by atoms with E-state index in [2.05, 4.69) is 60.4 Å². The summed E-state index contributed by atoms with van der Waals surface area (Å²) in [6, 6.07) is 11.0. The fourth-order valence-corrected chi connectivity index (χ4v) is 6.24. The maximum atomic E-state index is 13.5. The van der Waals surface area contributed by atoms with E-state index in [0.717, 1.165) is 38.0 Å². The number of methoxy groups -OCH3 is 1. The third-order valence-corrected chi connectivity index (χ3v) is 8.92. The van der Waals surface area contributed by atoms with E-state index in [1.807, 2.05) is 26.2 Å². The molecule has 0 aliphatic carbocycles. The van der Waals surface area contributed by atoms with E-state index in [9.17, 15) is 19.5 Å². The van der Waals surface area contributed by atoms with E-state index >= 15 is 0 Å². The number of ether oxygens (including phenoxy) is 2. The van der Waals surface area contributed by atoms with E-state index in [0.29, 0.717) is 43.1 Å². The zero-order chi connectivity index (χ0) is 36.3. The van der Waals surface area contributed by atoms with Gasteiger partial charge in [0.2, 0.25) is 11.8 Å². The molecule has 4 aromatic rings. The molecule has 0 fully saturated rings. The van der Waals surface area contributed by atoms with Crippen molar-refractivity contribution in [3.63, 3.8) is 0 Å². The van der Waals surface area contributed by atoms with Crippen LogP contribution in [0.15, 0.2) is 54.9 Å². The van der Waals surface area contributed by atoms with Gasteiger partial charge in [-0.15, -0.1) is 5.10 Å². The molecule has 0 spiro atoms. The zero-order valence-electron chi connectivity index (χ0n) is 29.9. The first kappa shape index (κ1) is 37.3. The Morgan fingerprint density at radius 3 is 2.61 bits per heavy atom. The molecular formula is C37H50N8O6. The highest BCUT2D eigenvalue weighted by molar-refractivity contribution is 5.99. The summed E-state index contributed by atoms with van der Waals surface area (Å²) in [7, 11) is 1.51. The van der Waals surface area contributed by atoms with Crippen LogP contribution in [0.4, 0.5) is 0 Å². The fourth-order valence-electron chi connectivity index (χ4n) is 6.24.